The number of hydrogen-bond acceptors (Lipinski definition) is 2. The molecule has 0 saturated heterocycles. The molecule has 4 heteroatoms. The van der Waals surface area contributed by atoms with Gasteiger partial charge in [-0.1, -0.05) is 11.6 Å². The lowest BCUT2D eigenvalue weighted by Crippen LogP contribution is -2.31. The summed E-state index contributed by atoms with van der Waals surface area (Å²) < 4.78 is 0.269. The van der Waals surface area contributed by atoms with Gasteiger partial charge in [-0.05, 0) is 12.2 Å². The molecule has 0 atom stereocenters. The van der Waals surface area contributed by atoms with Gasteiger partial charge < -0.3 is 5.43 Å². The van der Waals surface area contributed by atoms with Gasteiger partial charge in [-0.3, -0.25) is 0 Å². The number of hydrazine groups is 1. The average Bonchev–Trinajstić information content (AvgIpc) is 1.27. The Kier molecular flexibility index (Phi) is 3.25. The van der Waals surface area contributed by atoms with E-state index in [1.165, 1.54) is 0 Å². The average molecular weight is 139 g/mol. The van der Waals surface area contributed by atoms with Crippen LogP contribution >= 0.6 is 23.8 Å². The van der Waals surface area contributed by atoms with E-state index in [2.05, 4.69) is 17.6 Å². The second-order valence-corrected chi connectivity index (χ2v) is 2.29. The van der Waals surface area contributed by atoms with Crippen molar-refractivity contribution < 1.29 is 0 Å². The summed E-state index contributed by atoms with van der Waals surface area (Å²) in [5, 5.41) is 1.68. The largest absolute Gasteiger partial charge is 0.300 e. The van der Waals surface area contributed by atoms with Gasteiger partial charge in [-0.15, -0.1) is 0 Å². The molecule has 0 heterocycles. The monoisotopic (exact) mass is 138 g/mol. The Morgan fingerprint density at radius 3 is 2.14 bits per heavy atom. The van der Waals surface area contributed by atoms with E-state index in [1.54, 1.807) is 5.01 Å². The lowest BCUT2D eigenvalue weighted by molar-refractivity contribution is 0.368. The molecule has 1 N–H and O–H groups in total. The topological polar surface area (TPSA) is 15.3 Å². The van der Waals surface area contributed by atoms with Crippen molar-refractivity contribution in [1.29, 1.82) is 0 Å². The maximum absolute atomic E-state index is 5.25. The minimum atomic E-state index is 0.269. The van der Waals surface area contributed by atoms with Gasteiger partial charge in [0, 0.05) is 14.1 Å². The van der Waals surface area contributed by atoms with Crippen LogP contribution in [-0.2, 0) is 0 Å². The fraction of sp³-hybridized carbons (Fsp3) is 0.667. The summed E-state index contributed by atoms with van der Waals surface area (Å²) in [7, 11) is 3.63. The van der Waals surface area contributed by atoms with Gasteiger partial charge in [0.15, 0.2) is 4.45 Å². The number of thiocarbonyl (C=S) groups is 1. The summed E-state index contributed by atoms with van der Waals surface area (Å²) in [4.78, 5) is 0. The van der Waals surface area contributed by atoms with E-state index in [-0.39, 0.29) is 4.45 Å². The lowest BCUT2D eigenvalue weighted by Gasteiger charge is -2.08. The van der Waals surface area contributed by atoms with Crippen LogP contribution in [0.3, 0.4) is 0 Å². The molecule has 0 bridgehead atoms. The molecule has 0 aliphatic rings. The summed E-state index contributed by atoms with van der Waals surface area (Å²) in [6, 6.07) is 0. The fourth-order valence-corrected chi connectivity index (χ4v) is 0.527. The zero-order valence-electron chi connectivity index (χ0n) is 4.23. The van der Waals surface area contributed by atoms with Gasteiger partial charge in [0.25, 0.3) is 0 Å². The molecular formula is C3H7ClN2S. The molecule has 2 nitrogen and oxygen atoms in total. The smallest absolute Gasteiger partial charge is 0.181 e. The van der Waals surface area contributed by atoms with Crippen molar-refractivity contribution in [2.45, 2.75) is 0 Å². The van der Waals surface area contributed by atoms with E-state index < -0.39 is 0 Å². The van der Waals surface area contributed by atoms with Crippen LogP contribution in [0, 0.1) is 0 Å². The van der Waals surface area contributed by atoms with Gasteiger partial charge in [-0.2, -0.15) is 0 Å². The van der Waals surface area contributed by atoms with Crippen LogP contribution in [0.2, 0.25) is 0 Å². The highest BCUT2D eigenvalue weighted by molar-refractivity contribution is 7.83. The van der Waals surface area contributed by atoms with Crippen molar-refractivity contribution in [3.05, 3.63) is 0 Å². The molecule has 42 valence electrons. The molecule has 0 aliphatic carbocycles. The Morgan fingerprint density at radius 2 is 2.14 bits per heavy atom. The van der Waals surface area contributed by atoms with Gasteiger partial charge in [0.1, 0.15) is 0 Å². The van der Waals surface area contributed by atoms with Crippen LogP contribution in [0.15, 0.2) is 0 Å². The number of halogens is 1. The first-order chi connectivity index (χ1) is 3.13. The summed E-state index contributed by atoms with van der Waals surface area (Å²) in [6.07, 6.45) is 0. The van der Waals surface area contributed by atoms with E-state index in [0.717, 1.165) is 0 Å². The number of rotatable bonds is 1. The van der Waals surface area contributed by atoms with E-state index in [1.807, 2.05) is 14.1 Å². The second-order valence-electron chi connectivity index (χ2n) is 1.28. The summed E-state index contributed by atoms with van der Waals surface area (Å²) in [5.41, 5.74) is 2.64. The van der Waals surface area contributed by atoms with E-state index >= 15 is 0 Å². The third-order valence-electron chi connectivity index (χ3n) is 0.312. The minimum absolute atomic E-state index is 0.269. The molecule has 0 spiro atoms. The lowest BCUT2D eigenvalue weighted by atomic mass is 11.1. The zero-order valence-corrected chi connectivity index (χ0v) is 5.81. The minimum Gasteiger partial charge on any atom is -0.300 e. The molecular weight excluding hydrogens is 132 g/mol. The Bertz CT molecular complexity index is 73.3. The quantitative estimate of drug-likeness (QED) is 0.247. The predicted molar refractivity (Wildman–Crippen MR) is 35.3 cm³/mol. The van der Waals surface area contributed by atoms with Crippen LogP contribution in [0.25, 0.3) is 0 Å². The zero-order chi connectivity index (χ0) is 5.86. The summed E-state index contributed by atoms with van der Waals surface area (Å²) >= 11 is 9.74. The van der Waals surface area contributed by atoms with Crippen LogP contribution in [0.4, 0.5) is 0 Å². The third kappa shape index (κ3) is 6.14. The van der Waals surface area contributed by atoms with Gasteiger partial charge in [0.05, 0.1) is 0 Å². The number of nitrogens with zero attached hydrogens (tertiary/aromatic N) is 1. The Morgan fingerprint density at radius 1 is 1.71 bits per heavy atom. The predicted octanol–water partition coefficient (Wildman–Crippen LogP) is 0.576. The molecule has 0 aliphatic heterocycles. The van der Waals surface area contributed by atoms with E-state index in [4.69, 9.17) is 11.6 Å². The fourth-order valence-electron chi connectivity index (χ4n) is 0.176. The Hall–Kier alpha value is 0.140. The first kappa shape index (κ1) is 7.14. The second kappa shape index (κ2) is 3.18. The van der Waals surface area contributed by atoms with Crippen LogP contribution in [-0.4, -0.2) is 23.6 Å². The SMILES string of the molecule is CN(C)NC(=S)Cl. The van der Waals surface area contributed by atoms with Crippen LogP contribution < -0.4 is 5.43 Å². The van der Waals surface area contributed by atoms with E-state index in [0.29, 0.717) is 0 Å². The van der Waals surface area contributed by atoms with Crippen molar-refractivity contribution in [1.82, 2.24) is 10.4 Å². The molecule has 0 aromatic carbocycles. The Labute approximate surface area is 53.4 Å². The van der Waals surface area contributed by atoms with Crippen molar-refractivity contribution >= 4 is 28.3 Å². The molecule has 0 fully saturated rings. The van der Waals surface area contributed by atoms with Crippen molar-refractivity contribution in [2.75, 3.05) is 14.1 Å². The third-order valence-corrected chi connectivity index (χ3v) is 0.487. The Balaban J connectivity index is 3.13. The molecule has 0 saturated carbocycles. The van der Waals surface area contributed by atoms with Crippen LogP contribution in [0.1, 0.15) is 0 Å². The molecule has 0 aromatic rings. The first-order valence-electron chi connectivity index (χ1n) is 1.76. The molecule has 0 rings (SSSR count). The van der Waals surface area contributed by atoms with Gasteiger partial charge in [0.2, 0.25) is 0 Å². The normalized spacial score (nSPS) is 9.14. The van der Waals surface area contributed by atoms with Crippen LogP contribution in [0.5, 0.6) is 0 Å². The summed E-state index contributed by atoms with van der Waals surface area (Å²) in [5.74, 6) is 0. The first-order valence-corrected chi connectivity index (χ1v) is 2.55. The maximum atomic E-state index is 5.25. The van der Waals surface area contributed by atoms with Crippen molar-refractivity contribution in [3.8, 4) is 0 Å². The number of nitrogens with one attached hydrogen (secondary N) is 1. The van der Waals surface area contributed by atoms with Crippen molar-refractivity contribution in [2.24, 2.45) is 0 Å². The summed E-state index contributed by atoms with van der Waals surface area (Å²) in [6.45, 7) is 0. The molecule has 0 aromatic heterocycles. The highest BCUT2D eigenvalue weighted by Gasteiger charge is 1.85. The van der Waals surface area contributed by atoms with E-state index in [9.17, 15) is 0 Å². The molecule has 7 heavy (non-hydrogen) atoms. The van der Waals surface area contributed by atoms with Gasteiger partial charge in [-0.25, -0.2) is 5.01 Å². The molecule has 0 unspecified atom stereocenters. The standard InChI is InChI=1S/C3H7ClN2S/c1-6(2)5-3(4)7/h1-2H3,(H,5,7). The maximum Gasteiger partial charge on any atom is 0.181 e. The highest BCUT2D eigenvalue weighted by Crippen LogP contribution is 1.76. The number of hydrogen-bond donors (Lipinski definition) is 1. The highest BCUT2D eigenvalue weighted by atomic mass is 35.5. The van der Waals surface area contributed by atoms with Gasteiger partial charge >= 0.3 is 0 Å². The molecule has 0 amide bonds. The molecule has 0 radical (unpaired) electrons. The van der Waals surface area contributed by atoms with Crippen molar-refractivity contribution in [3.63, 3.8) is 0 Å².